The lowest BCUT2D eigenvalue weighted by Crippen LogP contribution is -2.25. The van der Waals surface area contributed by atoms with Crippen molar-refractivity contribution in [3.05, 3.63) is 23.3 Å². The van der Waals surface area contributed by atoms with Crippen LogP contribution in [-0.2, 0) is 4.74 Å². The van der Waals surface area contributed by atoms with Crippen molar-refractivity contribution in [2.45, 2.75) is 26.4 Å². The summed E-state index contributed by atoms with van der Waals surface area (Å²) in [5, 5.41) is 0. The van der Waals surface area contributed by atoms with Crippen molar-refractivity contribution >= 4 is 11.7 Å². The minimum atomic E-state index is -1.11. The molecule has 0 aliphatic rings. The van der Waals surface area contributed by atoms with E-state index in [1.807, 2.05) is 0 Å². The number of rotatable bonds is 2. The average molecular weight is 259 g/mol. The molecule has 0 amide bonds. The van der Waals surface area contributed by atoms with Crippen molar-refractivity contribution in [3.63, 3.8) is 0 Å². The molecular weight excluding hydrogens is 244 g/mol. The van der Waals surface area contributed by atoms with Crippen LogP contribution in [0.15, 0.2) is 6.07 Å². The lowest BCUT2D eigenvalue weighted by atomic mass is 10.1. The third-order valence-corrected chi connectivity index (χ3v) is 2.04. The highest BCUT2D eigenvalue weighted by Crippen LogP contribution is 2.30. The zero-order chi connectivity index (χ0) is 14.1. The van der Waals surface area contributed by atoms with Crippen LogP contribution in [-0.4, -0.2) is 18.7 Å². The fourth-order valence-corrected chi connectivity index (χ4v) is 1.30. The van der Waals surface area contributed by atoms with Gasteiger partial charge in [0.25, 0.3) is 0 Å². The maximum Gasteiger partial charge on any atom is 0.340 e. The standard InChI is InChI=1S/C12H15F2NO3/c1-12(2,3)18-11(16)6-5-7(13)10(17-4)8(14)9(6)15/h5H,15H2,1-4H3. The summed E-state index contributed by atoms with van der Waals surface area (Å²) in [6.07, 6.45) is 0. The number of methoxy groups -OCH3 is 1. The number of halogens is 2. The first-order valence-electron chi connectivity index (χ1n) is 5.22. The van der Waals surface area contributed by atoms with Crippen LogP contribution in [0.2, 0.25) is 0 Å². The minimum Gasteiger partial charge on any atom is -0.491 e. The molecule has 0 unspecified atom stereocenters. The van der Waals surface area contributed by atoms with Crippen LogP contribution in [0.4, 0.5) is 14.5 Å². The van der Waals surface area contributed by atoms with Crippen LogP contribution < -0.4 is 10.5 Å². The monoisotopic (exact) mass is 259 g/mol. The molecule has 0 bridgehead atoms. The summed E-state index contributed by atoms with van der Waals surface area (Å²) in [5.74, 6) is -3.64. The van der Waals surface area contributed by atoms with Crippen LogP contribution in [0.25, 0.3) is 0 Å². The van der Waals surface area contributed by atoms with Crippen LogP contribution in [0.1, 0.15) is 31.1 Å². The molecular formula is C12H15F2NO3. The maximum absolute atomic E-state index is 13.6. The first-order valence-corrected chi connectivity index (χ1v) is 5.22. The SMILES string of the molecule is COc1c(F)cc(C(=O)OC(C)(C)C)c(N)c1F. The molecule has 100 valence electrons. The minimum absolute atomic E-state index is 0.360. The van der Waals surface area contributed by atoms with Crippen molar-refractivity contribution in [2.75, 3.05) is 12.8 Å². The number of nitrogen functional groups attached to an aromatic ring is 1. The fraction of sp³-hybridized carbons (Fsp3) is 0.417. The summed E-state index contributed by atoms with van der Waals surface area (Å²) in [7, 11) is 1.11. The van der Waals surface area contributed by atoms with Gasteiger partial charge in [0.05, 0.1) is 18.4 Å². The van der Waals surface area contributed by atoms with Gasteiger partial charge in [0.2, 0.25) is 0 Å². The average Bonchev–Trinajstić information content (AvgIpc) is 2.21. The zero-order valence-corrected chi connectivity index (χ0v) is 10.6. The molecule has 4 nitrogen and oxygen atoms in total. The Balaban J connectivity index is 3.23. The van der Waals surface area contributed by atoms with E-state index in [1.165, 1.54) is 0 Å². The Morgan fingerprint density at radius 3 is 2.33 bits per heavy atom. The lowest BCUT2D eigenvalue weighted by Gasteiger charge is -2.20. The molecule has 2 N–H and O–H groups in total. The van der Waals surface area contributed by atoms with Crippen molar-refractivity contribution in [3.8, 4) is 5.75 Å². The van der Waals surface area contributed by atoms with Gasteiger partial charge < -0.3 is 15.2 Å². The van der Waals surface area contributed by atoms with Crippen LogP contribution in [0.3, 0.4) is 0 Å². The molecule has 0 fully saturated rings. The summed E-state index contributed by atoms with van der Waals surface area (Å²) in [6, 6.07) is 0.797. The van der Waals surface area contributed by atoms with Gasteiger partial charge in [-0.15, -0.1) is 0 Å². The van der Waals surface area contributed by atoms with E-state index in [9.17, 15) is 13.6 Å². The van der Waals surface area contributed by atoms with Crippen molar-refractivity contribution in [1.82, 2.24) is 0 Å². The highest BCUT2D eigenvalue weighted by molar-refractivity contribution is 5.95. The molecule has 0 radical (unpaired) electrons. The third-order valence-electron chi connectivity index (χ3n) is 2.04. The molecule has 1 aromatic rings. The molecule has 0 aliphatic carbocycles. The molecule has 0 spiro atoms. The number of carbonyl (C=O) groups excluding carboxylic acids is 1. The van der Waals surface area contributed by atoms with Gasteiger partial charge in [-0.05, 0) is 26.8 Å². The van der Waals surface area contributed by atoms with E-state index >= 15 is 0 Å². The van der Waals surface area contributed by atoms with E-state index < -0.39 is 34.6 Å². The zero-order valence-electron chi connectivity index (χ0n) is 10.6. The van der Waals surface area contributed by atoms with Gasteiger partial charge in [-0.3, -0.25) is 0 Å². The molecule has 0 atom stereocenters. The first kappa shape index (κ1) is 14.2. The van der Waals surface area contributed by atoms with E-state index in [2.05, 4.69) is 4.74 Å². The Hall–Kier alpha value is -1.85. The maximum atomic E-state index is 13.6. The Morgan fingerprint density at radius 1 is 1.33 bits per heavy atom. The van der Waals surface area contributed by atoms with E-state index in [-0.39, 0.29) is 5.56 Å². The normalized spacial score (nSPS) is 11.2. The number of hydrogen-bond acceptors (Lipinski definition) is 4. The molecule has 1 aromatic carbocycles. The highest BCUT2D eigenvalue weighted by Gasteiger charge is 2.25. The van der Waals surface area contributed by atoms with E-state index in [1.54, 1.807) is 20.8 Å². The van der Waals surface area contributed by atoms with Crippen molar-refractivity contribution in [2.24, 2.45) is 0 Å². The number of esters is 1. The second kappa shape index (κ2) is 4.80. The second-order valence-corrected chi connectivity index (χ2v) is 4.67. The number of hydrogen-bond donors (Lipinski definition) is 1. The van der Waals surface area contributed by atoms with Gasteiger partial charge in [0, 0.05) is 0 Å². The topological polar surface area (TPSA) is 61.5 Å². The van der Waals surface area contributed by atoms with Crippen LogP contribution in [0, 0.1) is 11.6 Å². The molecule has 1 rings (SSSR count). The largest absolute Gasteiger partial charge is 0.491 e. The van der Waals surface area contributed by atoms with E-state index in [0.717, 1.165) is 13.2 Å². The molecule has 0 saturated carbocycles. The Bertz CT molecular complexity index is 481. The van der Waals surface area contributed by atoms with Crippen LogP contribution in [0.5, 0.6) is 5.75 Å². The van der Waals surface area contributed by atoms with Crippen molar-refractivity contribution < 1.29 is 23.0 Å². The van der Waals surface area contributed by atoms with Crippen molar-refractivity contribution in [1.29, 1.82) is 0 Å². The van der Waals surface area contributed by atoms with Gasteiger partial charge in [-0.1, -0.05) is 0 Å². The van der Waals surface area contributed by atoms with Gasteiger partial charge in [0.15, 0.2) is 17.4 Å². The molecule has 0 aliphatic heterocycles. The summed E-state index contributed by atoms with van der Waals surface area (Å²) in [6.45, 7) is 4.91. The molecule has 0 aromatic heterocycles. The summed E-state index contributed by atoms with van der Waals surface area (Å²) in [5.41, 5.74) is 3.79. The summed E-state index contributed by atoms with van der Waals surface area (Å²) in [4.78, 5) is 11.7. The second-order valence-electron chi connectivity index (χ2n) is 4.67. The van der Waals surface area contributed by atoms with Gasteiger partial charge >= 0.3 is 5.97 Å². The number of nitrogens with two attached hydrogens (primary N) is 1. The summed E-state index contributed by atoms with van der Waals surface area (Å²) < 4.78 is 36.6. The van der Waals surface area contributed by atoms with Gasteiger partial charge in [-0.25, -0.2) is 13.6 Å². The molecule has 6 heteroatoms. The van der Waals surface area contributed by atoms with E-state index in [0.29, 0.717) is 0 Å². The number of carbonyl (C=O) groups is 1. The molecule has 0 heterocycles. The lowest BCUT2D eigenvalue weighted by molar-refractivity contribution is 0.00697. The number of benzene rings is 1. The Labute approximate surface area is 104 Å². The summed E-state index contributed by atoms with van der Waals surface area (Å²) >= 11 is 0. The quantitative estimate of drug-likeness (QED) is 0.654. The van der Waals surface area contributed by atoms with Gasteiger partial charge in [0.1, 0.15) is 5.60 Å². The van der Waals surface area contributed by atoms with Gasteiger partial charge in [-0.2, -0.15) is 0 Å². The van der Waals surface area contributed by atoms with Crippen LogP contribution >= 0.6 is 0 Å². The smallest absolute Gasteiger partial charge is 0.340 e. The first-order chi connectivity index (χ1) is 8.17. The Morgan fingerprint density at radius 2 is 1.89 bits per heavy atom. The molecule has 18 heavy (non-hydrogen) atoms. The van der Waals surface area contributed by atoms with E-state index in [4.69, 9.17) is 10.5 Å². The number of anilines is 1. The third kappa shape index (κ3) is 2.88. The Kier molecular flexibility index (Phi) is 3.79. The molecule has 0 saturated heterocycles. The number of ether oxygens (including phenoxy) is 2. The fourth-order valence-electron chi connectivity index (χ4n) is 1.30. The highest BCUT2D eigenvalue weighted by atomic mass is 19.1. The predicted octanol–water partition coefficient (Wildman–Crippen LogP) is 2.51. The predicted molar refractivity (Wildman–Crippen MR) is 62.5 cm³/mol.